The molecule has 4 rings (SSSR count). The fourth-order valence-electron chi connectivity index (χ4n) is 3.49. The van der Waals surface area contributed by atoms with E-state index in [0.717, 1.165) is 18.5 Å². The maximum atomic E-state index is 12.3. The summed E-state index contributed by atoms with van der Waals surface area (Å²) in [4.78, 5) is 13.8. The number of amides is 1. The summed E-state index contributed by atoms with van der Waals surface area (Å²) < 4.78 is 0. The maximum absolute atomic E-state index is 12.3. The van der Waals surface area contributed by atoms with E-state index in [1.807, 2.05) is 30.3 Å². The summed E-state index contributed by atoms with van der Waals surface area (Å²) in [6.45, 7) is 0. The van der Waals surface area contributed by atoms with Crippen LogP contribution in [0.3, 0.4) is 0 Å². The van der Waals surface area contributed by atoms with E-state index in [9.17, 15) is 4.79 Å². The first-order valence-corrected chi connectivity index (χ1v) is 7.82. The fourth-order valence-corrected chi connectivity index (χ4v) is 3.49. The zero-order valence-corrected chi connectivity index (χ0v) is 12.3. The van der Waals surface area contributed by atoms with Gasteiger partial charge in [-0.3, -0.25) is 4.79 Å². The highest BCUT2D eigenvalue weighted by molar-refractivity contribution is 5.92. The topological polar surface area (TPSA) is 71.8 Å². The van der Waals surface area contributed by atoms with Crippen molar-refractivity contribution >= 4 is 5.91 Å². The smallest absolute Gasteiger partial charge is 0.273 e. The van der Waals surface area contributed by atoms with Crippen LogP contribution in [-0.4, -0.2) is 39.0 Å². The molecule has 6 heteroatoms. The van der Waals surface area contributed by atoms with Gasteiger partial charge in [0.15, 0.2) is 5.69 Å². The zero-order valence-electron chi connectivity index (χ0n) is 12.3. The van der Waals surface area contributed by atoms with Crippen molar-refractivity contribution in [1.29, 1.82) is 0 Å². The van der Waals surface area contributed by atoms with Crippen LogP contribution in [0.5, 0.6) is 0 Å². The van der Waals surface area contributed by atoms with Gasteiger partial charge in [0.2, 0.25) is 0 Å². The number of nitrogens with one attached hydrogen (secondary N) is 2. The number of rotatable bonds is 3. The zero-order chi connectivity index (χ0) is 14.9. The van der Waals surface area contributed by atoms with E-state index in [1.54, 1.807) is 0 Å². The number of carbonyl (C=O) groups is 1. The fraction of sp³-hybridized carbons (Fsp3) is 0.438. The average molecular weight is 297 g/mol. The average Bonchev–Trinajstić information content (AvgIpc) is 3.15. The van der Waals surface area contributed by atoms with E-state index >= 15 is 0 Å². The molecule has 2 unspecified atom stereocenters. The molecular weight excluding hydrogens is 278 g/mol. The molecule has 1 aromatic heterocycles. The lowest BCUT2D eigenvalue weighted by Gasteiger charge is -2.29. The highest BCUT2D eigenvalue weighted by Gasteiger charge is 2.34. The summed E-state index contributed by atoms with van der Waals surface area (Å²) in [5, 5.41) is 15.1. The summed E-state index contributed by atoms with van der Waals surface area (Å²) in [7, 11) is 0. The Bertz CT molecular complexity index is 656. The molecule has 0 radical (unpaired) electrons. The SMILES string of the molecule is O=C(NC1CC2CCC(C1)N2)c1cnn(-c2ccccc2)n1. The van der Waals surface area contributed by atoms with Crippen LogP contribution in [0.1, 0.15) is 36.2 Å². The Morgan fingerprint density at radius 2 is 1.91 bits per heavy atom. The summed E-state index contributed by atoms with van der Waals surface area (Å²) in [5.41, 5.74) is 1.22. The van der Waals surface area contributed by atoms with Crippen molar-refractivity contribution < 1.29 is 4.79 Å². The minimum absolute atomic E-state index is 0.131. The molecule has 0 aliphatic carbocycles. The monoisotopic (exact) mass is 297 g/mol. The van der Waals surface area contributed by atoms with E-state index < -0.39 is 0 Å². The molecule has 2 aliphatic heterocycles. The molecule has 2 N–H and O–H groups in total. The molecule has 2 bridgehead atoms. The van der Waals surface area contributed by atoms with Crippen LogP contribution in [0, 0.1) is 0 Å². The quantitative estimate of drug-likeness (QED) is 0.895. The molecule has 2 fully saturated rings. The van der Waals surface area contributed by atoms with Gasteiger partial charge in [-0.2, -0.15) is 9.90 Å². The van der Waals surface area contributed by atoms with Crippen molar-refractivity contribution in [2.75, 3.05) is 0 Å². The minimum Gasteiger partial charge on any atom is -0.348 e. The van der Waals surface area contributed by atoms with Gasteiger partial charge in [-0.15, -0.1) is 5.10 Å². The number of fused-ring (bicyclic) bond motifs is 2. The second-order valence-corrected chi connectivity index (χ2v) is 6.13. The molecule has 2 atom stereocenters. The second-order valence-electron chi connectivity index (χ2n) is 6.13. The Labute approximate surface area is 128 Å². The van der Waals surface area contributed by atoms with E-state index in [4.69, 9.17) is 0 Å². The van der Waals surface area contributed by atoms with Crippen molar-refractivity contribution in [3.8, 4) is 5.69 Å². The standard InChI is InChI=1S/C16H19N5O/c22-16(19-13-8-11-6-7-12(9-13)18-11)15-10-17-21(20-15)14-4-2-1-3-5-14/h1-5,10-13,18H,6-9H2,(H,19,22). The van der Waals surface area contributed by atoms with Gasteiger partial charge in [0.05, 0.1) is 11.9 Å². The lowest BCUT2D eigenvalue weighted by Crippen LogP contribution is -2.48. The molecule has 3 heterocycles. The van der Waals surface area contributed by atoms with Crippen molar-refractivity contribution in [3.05, 3.63) is 42.2 Å². The second kappa shape index (κ2) is 5.53. The van der Waals surface area contributed by atoms with Gasteiger partial charge in [0, 0.05) is 18.1 Å². The van der Waals surface area contributed by atoms with Crippen LogP contribution >= 0.6 is 0 Å². The van der Waals surface area contributed by atoms with Crippen LogP contribution < -0.4 is 10.6 Å². The molecule has 1 aromatic carbocycles. The van der Waals surface area contributed by atoms with Gasteiger partial charge in [-0.1, -0.05) is 18.2 Å². The Balaban J connectivity index is 1.44. The van der Waals surface area contributed by atoms with E-state index in [1.165, 1.54) is 23.8 Å². The Morgan fingerprint density at radius 1 is 1.18 bits per heavy atom. The number of carbonyl (C=O) groups excluding carboxylic acids is 1. The van der Waals surface area contributed by atoms with E-state index in [-0.39, 0.29) is 11.9 Å². The van der Waals surface area contributed by atoms with Crippen molar-refractivity contribution in [3.63, 3.8) is 0 Å². The summed E-state index contributed by atoms with van der Waals surface area (Å²) in [5.74, 6) is -0.131. The highest BCUT2D eigenvalue weighted by atomic mass is 16.2. The molecule has 6 nitrogen and oxygen atoms in total. The summed E-state index contributed by atoms with van der Waals surface area (Å²) in [6.07, 6.45) is 5.99. The summed E-state index contributed by atoms with van der Waals surface area (Å²) >= 11 is 0. The number of hydrogen-bond donors (Lipinski definition) is 2. The van der Waals surface area contributed by atoms with Gasteiger partial charge in [0.1, 0.15) is 0 Å². The molecule has 1 amide bonds. The number of aromatic nitrogens is 3. The predicted molar refractivity (Wildman–Crippen MR) is 81.8 cm³/mol. The number of para-hydroxylation sites is 1. The van der Waals surface area contributed by atoms with Crippen molar-refractivity contribution in [2.45, 2.75) is 43.8 Å². The van der Waals surface area contributed by atoms with Crippen molar-refractivity contribution in [1.82, 2.24) is 25.6 Å². The number of hydrogen-bond acceptors (Lipinski definition) is 4. The molecule has 114 valence electrons. The van der Waals surface area contributed by atoms with Crippen LogP contribution in [-0.2, 0) is 0 Å². The summed E-state index contributed by atoms with van der Waals surface area (Å²) in [6, 6.07) is 11.0. The third-order valence-corrected chi connectivity index (χ3v) is 4.52. The highest BCUT2D eigenvalue weighted by Crippen LogP contribution is 2.26. The van der Waals surface area contributed by atoms with Gasteiger partial charge in [-0.05, 0) is 37.8 Å². The van der Waals surface area contributed by atoms with Crippen molar-refractivity contribution in [2.24, 2.45) is 0 Å². The van der Waals surface area contributed by atoms with Crippen LogP contribution in [0.25, 0.3) is 5.69 Å². The number of nitrogens with zero attached hydrogens (tertiary/aromatic N) is 3. The Morgan fingerprint density at radius 3 is 2.64 bits per heavy atom. The van der Waals surface area contributed by atoms with Gasteiger partial charge >= 0.3 is 0 Å². The van der Waals surface area contributed by atoms with Crippen LogP contribution in [0.2, 0.25) is 0 Å². The first-order chi connectivity index (χ1) is 10.8. The molecule has 0 spiro atoms. The number of benzene rings is 1. The molecule has 2 aromatic rings. The molecular formula is C16H19N5O. The maximum Gasteiger partial charge on any atom is 0.273 e. The first kappa shape index (κ1) is 13.5. The molecule has 22 heavy (non-hydrogen) atoms. The van der Waals surface area contributed by atoms with Crippen LogP contribution in [0.15, 0.2) is 36.5 Å². The largest absolute Gasteiger partial charge is 0.348 e. The van der Waals surface area contributed by atoms with E-state index in [0.29, 0.717) is 17.8 Å². The van der Waals surface area contributed by atoms with Gasteiger partial charge < -0.3 is 10.6 Å². The first-order valence-electron chi connectivity index (χ1n) is 7.82. The lowest BCUT2D eigenvalue weighted by molar-refractivity contribution is 0.0918. The van der Waals surface area contributed by atoms with Gasteiger partial charge in [0.25, 0.3) is 5.91 Å². The molecule has 2 aliphatic rings. The normalized spacial score (nSPS) is 26.8. The predicted octanol–water partition coefficient (Wildman–Crippen LogP) is 1.28. The third kappa shape index (κ3) is 2.62. The third-order valence-electron chi connectivity index (χ3n) is 4.52. The molecule has 2 saturated heterocycles. The van der Waals surface area contributed by atoms with Crippen LogP contribution in [0.4, 0.5) is 0 Å². The molecule has 0 saturated carbocycles. The Kier molecular flexibility index (Phi) is 3.38. The minimum atomic E-state index is -0.131. The van der Waals surface area contributed by atoms with E-state index in [2.05, 4.69) is 20.8 Å². The van der Waals surface area contributed by atoms with Gasteiger partial charge in [-0.25, -0.2) is 0 Å². The Hall–Kier alpha value is -2.21. The lowest BCUT2D eigenvalue weighted by atomic mass is 10.00. The number of piperidine rings is 1.